The van der Waals surface area contributed by atoms with E-state index in [0.717, 1.165) is 23.5 Å². The summed E-state index contributed by atoms with van der Waals surface area (Å²) in [7, 11) is 0. The third kappa shape index (κ3) is 0.985. The van der Waals surface area contributed by atoms with E-state index in [1.165, 1.54) is 17.5 Å². The largest absolute Gasteiger partial charge is 0.268 e. The summed E-state index contributed by atoms with van der Waals surface area (Å²) in [4.78, 5) is 0. The van der Waals surface area contributed by atoms with Crippen LogP contribution in [0.25, 0.3) is 10.9 Å². The zero-order valence-electron chi connectivity index (χ0n) is 7.13. The maximum absolute atomic E-state index is 5.89. The van der Waals surface area contributed by atoms with Crippen LogP contribution in [-0.2, 0) is 13.0 Å². The lowest BCUT2D eigenvalue weighted by molar-refractivity contribution is 0.664. The van der Waals surface area contributed by atoms with E-state index in [1.54, 1.807) is 0 Å². The zero-order chi connectivity index (χ0) is 8.84. The highest BCUT2D eigenvalue weighted by atomic mass is 35.5. The minimum atomic E-state index is 0.768. The predicted molar refractivity (Wildman–Crippen MR) is 53.1 cm³/mol. The first-order valence-corrected chi connectivity index (χ1v) is 4.87. The molecule has 0 aliphatic carbocycles. The van der Waals surface area contributed by atoms with Gasteiger partial charge in [0, 0.05) is 22.6 Å². The molecule has 1 aromatic heterocycles. The van der Waals surface area contributed by atoms with Crippen molar-refractivity contribution in [1.29, 1.82) is 0 Å². The Kier molecular flexibility index (Phi) is 1.41. The molecule has 13 heavy (non-hydrogen) atoms. The lowest BCUT2D eigenvalue weighted by Crippen LogP contribution is -1.92. The van der Waals surface area contributed by atoms with Crippen LogP contribution in [0, 0.1) is 0 Å². The van der Waals surface area contributed by atoms with Crippen molar-refractivity contribution < 1.29 is 0 Å². The summed E-state index contributed by atoms with van der Waals surface area (Å²) in [6.45, 7) is 1.06. The van der Waals surface area contributed by atoms with E-state index in [4.69, 9.17) is 11.6 Å². The zero-order valence-corrected chi connectivity index (χ0v) is 7.88. The first kappa shape index (κ1) is 7.39. The molecule has 0 bridgehead atoms. The van der Waals surface area contributed by atoms with Gasteiger partial charge in [0.25, 0.3) is 0 Å². The van der Waals surface area contributed by atoms with Crippen molar-refractivity contribution in [3.8, 4) is 0 Å². The Balaban J connectivity index is 2.38. The molecule has 0 atom stereocenters. The maximum atomic E-state index is 5.89. The van der Waals surface area contributed by atoms with Gasteiger partial charge in [-0.05, 0) is 31.0 Å². The number of hydrogen-bond donors (Lipinski definition) is 0. The van der Waals surface area contributed by atoms with E-state index in [0.29, 0.717) is 0 Å². The average Bonchev–Trinajstić information content (AvgIpc) is 2.62. The number of halogens is 1. The fourth-order valence-electron chi connectivity index (χ4n) is 2.01. The minimum Gasteiger partial charge on any atom is -0.268 e. The van der Waals surface area contributed by atoms with Gasteiger partial charge in [0.1, 0.15) is 0 Å². The second-order valence-corrected chi connectivity index (χ2v) is 3.87. The molecular weight excluding hydrogens is 184 g/mol. The Morgan fingerprint density at radius 3 is 3.23 bits per heavy atom. The number of benzene rings is 1. The van der Waals surface area contributed by atoms with Crippen LogP contribution < -0.4 is 0 Å². The molecule has 3 rings (SSSR count). The smallest absolute Gasteiger partial charge is 0.0941 e. The first-order valence-electron chi connectivity index (χ1n) is 4.49. The van der Waals surface area contributed by atoms with E-state index in [2.05, 4.69) is 15.8 Å². The molecule has 0 unspecified atom stereocenters. The molecule has 1 aliphatic rings. The van der Waals surface area contributed by atoms with Gasteiger partial charge in [-0.3, -0.25) is 4.68 Å². The van der Waals surface area contributed by atoms with Gasteiger partial charge in [0.15, 0.2) is 0 Å². The molecular formula is C10H9ClN2. The number of hydrogen-bond acceptors (Lipinski definition) is 1. The molecule has 0 spiro atoms. The molecule has 66 valence electrons. The lowest BCUT2D eigenvalue weighted by atomic mass is 10.2. The second-order valence-electron chi connectivity index (χ2n) is 3.43. The summed E-state index contributed by atoms with van der Waals surface area (Å²) in [5, 5.41) is 6.52. The van der Waals surface area contributed by atoms with E-state index < -0.39 is 0 Å². The molecule has 3 heteroatoms. The number of aromatic nitrogens is 2. The molecule has 1 aromatic carbocycles. The quantitative estimate of drug-likeness (QED) is 0.628. The van der Waals surface area contributed by atoms with E-state index in [1.807, 2.05) is 12.1 Å². The Morgan fingerprint density at radius 2 is 2.31 bits per heavy atom. The van der Waals surface area contributed by atoms with Crippen molar-refractivity contribution in [2.24, 2.45) is 0 Å². The van der Waals surface area contributed by atoms with Crippen LogP contribution in [-0.4, -0.2) is 9.78 Å². The molecule has 0 N–H and O–H groups in total. The fraction of sp³-hybridized carbons (Fsp3) is 0.300. The molecule has 0 saturated heterocycles. The third-order valence-corrected chi connectivity index (χ3v) is 2.83. The fourth-order valence-corrected chi connectivity index (χ4v) is 2.17. The van der Waals surface area contributed by atoms with Gasteiger partial charge in [0.2, 0.25) is 0 Å². The van der Waals surface area contributed by atoms with Crippen molar-refractivity contribution in [2.45, 2.75) is 19.4 Å². The van der Waals surface area contributed by atoms with Gasteiger partial charge in [-0.2, -0.15) is 5.10 Å². The predicted octanol–water partition coefficient (Wildman–Crippen LogP) is 2.64. The standard InChI is InChI=1S/C10H9ClN2/c11-7-3-4-8-9(6-7)12-13-5-1-2-10(8)13/h3-4,6H,1-2,5H2. The van der Waals surface area contributed by atoms with Crippen LogP contribution in [0.2, 0.25) is 5.02 Å². The summed E-state index contributed by atoms with van der Waals surface area (Å²) in [5.74, 6) is 0. The number of nitrogens with zero attached hydrogens (tertiary/aromatic N) is 2. The highest BCUT2D eigenvalue weighted by Crippen LogP contribution is 2.26. The van der Waals surface area contributed by atoms with Gasteiger partial charge in [0.05, 0.1) is 5.52 Å². The number of rotatable bonds is 0. The van der Waals surface area contributed by atoms with E-state index in [9.17, 15) is 0 Å². The van der Waals surface area contributed by atoms with Crippen molar-refractivity contribution in [3.05, 3.63) is 28.9 Å². The van der Waals surface area contributed by atoms with Crippen molar-refractivity contribution in [1.82, 2.24) is 9.78 Å². The molecule has 0 fully saturated rings. The summed E-state index contributed by atoms with van der Waals surface area (Å²) in [6.07, 6.45) is 2.37. The highest BCUT2D eigenvalue weighted by molar-refractivity contribution is 6.31. The molecule has 2 heterocycles. The summed E-state index contributed by atoms with van der Waals surface area (Å²) in [5.41, 5.74) is 2.40. The number of aryl methyl sites for hydroxylation is 2. The average molecular weight is 193 g/mol. The third-order valence-electron chi connectivity index (χ3n) is 2.59. The number of fused-ring (bicyclic) bond motifs is 3. The topological polar surface area (TPSA) is 17.8 Å². The van der Waals surface area contributed by atoms with Crippen molar-refractivity contribution in [3.63, 3.8) is 0 Å². The molecule has 0 amide bonds. The van der Waals surface area contributed by atoms with Crippen LogP contribution in [0.4, 0.5) is 0 Å². The molecule has 0 saturated carbocycles. The summed E-state index contributed by atoms with van der Waals surface area (Å²) < 4.78 is 2.10. The van der Waals surface area contributed by atoms with Crippen LogP contribution in [0.15, 0.2) is 18.2 Å². The highest BCUT2D eigenvalue weighted by Gasteiger charge is 2.15. The molecule has 2 nitrogen and oxygen atoms in total. The molecule has 1 aliphatic heterocycles. The van der Waals surface area contributed by atoms with E-state index in [-0.39, 0.29) is 0 Å². The Labute approximate surface area is 81.1 Å². The van der Waals surface area contributed by atoms with Gasteiger partial charge < -0.3 is 0 Å². The van der Waals surface area contributed by atoms with Gasteiger partial charge >= 0.3 is 0 Å². The SMILES string of the molecule is Clc1ccc2c3n(nc2c1)CCC3. The maximum Gasteiger partial charge on any atom is 0.0941 e. The summed E-state index contributed by atoms with van der Waals surface area (Å²) in [6, 6.07) is 5.94. The van der Waals surface area contributed by atoms with Crippen LogP contribution in [0.1, 0.15) is 12.1 Å². The Bertz CT molecular complexity index is 473. The second kappa shape index (κ2) is 2.48. The van der Waals surface area contributed by atoms with Crippen LogP contribution in [0.5, 0.6) is 0 Å². The summed E-state index contributed by atoms with van der Waals surface area (Å²) >= 11 is 5.89. The monoisotopic (exact) mass is 192 g/mol. The van der Waals surface area contributed by atoms with Gasteiger partial charge in [-0.25, -0.2) is 0 Å². The van der Waals surface area contributed by atoms with Gasteiger partial charge in [-0.1, -0.05) is 11.6 Å². The molecule has 2 aromatic rings. The normalized spacial score (nSPS) is 15.2. The molecule has 0 radical (unpaired) electrons. The van der Waals surface area contributed by atoms with Crippen molar-refractivity contribution in [2.75, 3.05) is 0 Å². The van der Waals surface area contributed by atoms with Crippen LogP contribution >= 0.6 is 11.6 Å². The van der Waals surface area contributed by atoms with Gasteiger partial charge in [-0.15, -0.1) is 0 Å². The Hall–Kier alpha value is -1.02. The first-order chi connectivity index (χ1) is 6.34. The van der Waals surface area contributed by atoms with E-state index >= 15 is 0 Å². The lowest BCUT2D eigenvalue weighted by Gasteiger charge is -1.91. The Morgan fingerprint density at radius 1 is 1.38 bits per heavy atom. The van der Waals surface area contributed by atoms with Crippen molar-refractivity contribution >= 4 is 22.5 Å². The van der Waals surface area contributed by atoms with Crippen LogP contribution in [0.3, 0.4) is 0 Å². The minimum absolute atomic E-state index is 0.768.